The molecular formula is C18H22N4O. The Bertz CT molecular complexity index is 657. The highest BCUT2D eigenvalue weighted by Crippen LogP contribution is 2.17. The lowest BCUT2D eigenvalue weighted by molar-refractivity contribution is -0.117. The van der Waals surface area contributed by atoms with E-state index in [1.54, 1.807) is 16.8 Å². The number of carbonyl (C=O) groups is 1. The molecule has 0 saturated heterocycles. The summed E-state index contributed by atoms with van der Waals surface area (Å²) in [6, 6.07) is 10.4. The van der Waals surface area contributed by atoms with Crippen LogP contribution in [0.25, 0.3) is 6.08 Å². The minimum absolute atomic E-state index is 0.0468. The first-order chi connectivity index (χ1) is 11.3. The van der Waals surface area contributed by atoms with Crippen molar-refractivity contribution in [1.82, 2.24) is 20.3 Å². The van der Waals surface area contributed by atoms with Gasteiger partial charge >= 0.3 is 0 Å². The summed E-state index contributed by atoms with van der Waals surface area (Å²) >= 11 is 0. The number of hydrogen-bond acceptors (Lipinski definition) is 3. The number of nitrogens with one attached hydrogen (secondary N) is 1. The van der Waals surface area contributed by atoms with Crippen molar-refractivity contribution in [2.45, 2.75) is 44.7 Å². The Balaban J connectivity index is 1.52. The summed E-state index contributed by atoms with van der Waals surface area (Å²) in [6.45, 7) is 0.677. The van der Waals surface area contributed by atoms with Crippen LogP contribution in [0.4, 0.5) is 0 Å². The second kappa shape index (κ2) is 7.72. The van der Waals surface area contributed by atoms with E-state index in [2.05, 4.69) is 27.8 Å². The van der Waals surface area contributed by atoms with Gasteiger partial charge in [0.2, 0.25) is 5.91 Å². The highest BCUT2D eigenvalue weighted by atomic mass is 16.1. The zero-order valence-electron chi connectivity index (χ0n) is 13.2. The number of rotatable bonds is 5. The van der Waals surface area contributed by atoms with Gasteiger partial charge in [-0.05, 0) is 24.5 Å². The van der Waals surface area contributed by atoms with E-state index in [4.69, 9.17) is 0 Å². The molecule has 1 fully saturated rings. The van der Waals surface area contributed by atoms with E-state index in [1.165, 1.54) is 24.8 Å². The lowest BCUT2D eigenvalue weighted by Gasteiger charge is -2.21. The Morgan fingerprint density at radius 2 is 2.00 bits per heavy atom. The molecule has 0 spiro atoms. The van der Waals surface area contributed by atoms with Gasteiger partial charge in [0.1, 0.15) is 5.69 Å². The largest absolute Gasteiger partial charge is 0.350 e. The molecule has 1 saturated carbocycles. The monoisotopic (exact) mass is 310 g/mol. The summed E-state index contributed by atoms with van der Waals surface area (Å²) in [6.07, 6.45) is 11.0. The van der Waals surface area contributed by atoms with Gasteiger partial charge in [-0.15, -0.1) is 5.10 Å². The summed E-state index contributed by atoms with van der Waals surface area (Å²) in [4.78, 5) is 11.9. The third-order valence-electron chi connectivity index (χ3n) is 4.10. The lowest BCUT2D eigenvalue weighted by atomic mass is 9.95. The Morgan fingerprint density at radius 1 is 1.22 bits per heavy atom. The predicted octanol–water partition coefficient (Wildman–Crippen LogP) is 2.79. The molecule has 0 aliphatic heterocycles. The number of nitrogens with zero attached hydrogens (tertiary/aromatic N) is 3. The molecule has 2 aromatic rings. The van der Waals surface area contributed by atoms with Crippen LogP contribution in [-0.2, 0) is 11.3 Å². The maximum absolute atomic E-state index is 11.9. The average molecular weight is 310 g/mol. The standard InChI is InChI=1S/C18H22N4O/c23-18(19-16-9-5-2-6-10-16)12-11-17-14-22(21-20-17)13-15-7-3-1-4-8-15/h1,3-4,7-8,11-12,14,16H,2,5-6,9-10,13H2,(H,19,23). The number of aromatic nitrogens is 3. The van der Waals surface area contributed by atoms with Gasteiger partial charge in [0, 0.05) is 12.1 Å². The molecule has 1 N–H and O–H groups in total. The zero-order valence-corrected chi connectivity index (χ0v) is 13.2. The molecule has 1 aromatic heterocycles. The van der Waals surface area contributed by atoms with Crippen molar-refractivity contribution in [3.05, 3.63) is 53.9 Å². The van der Waals surface area contributed by atoms with Gasteiger partial charge in [0.25, 0.3) is 0 Å². The van der Waals surface area contributed by atoms with Gasteiger partial charge in [-0.25, -0.2) is 4.68 Å². The first kappa shape index (κ1) is 15.5. The van der Waals surface area contributed by atoms with E-state index in [1.807, 2.05) is 24.4 Å². The van der Waals surface area contributed by atoms with Crippen molar-refractivity contribution in [2.75, 3.05) is 0 Å². The quantitative estimate of drug-likeness (QED) is 0.864. The van der Waals surface area contributed by atoms with Crippen molar-refractivity contribution >= 4 is 12.0 Å². The molecule has 5 heteroatoms. The third-order valence-corrected chi connectivity index (χ3v) is 4.10. The van der Waals surface area contributed by atoms with Crippen LogP contribution >= 0.6 is 0 Å². The van der Waals surface area contributed by atoms with Crippen molar-refractivity contribution in [2.24, 2.45) is 0 Å². The molecule has 1 aliphatic rings. The maximum Gasteiger partial charge on any atom is 0.244 e. The molecule has 1 heterocycles. The third kappa shape index (κ3) is 4.77. The predicted molar refractivity (Wildman–Crippen MR) is 89.6 cm³/mol. The van der Waals surface area contributed by atoms with Crippen LogP contribution in [0.5, 0.6) is 0 Å². The van der Waals surface area contributed by atoms with Crippen molar-refractivity contribution in [3.8, 4) is 0 Å². The molecule has 120 valence electrons. The minimum atomic E-state index is -0.0468. The van der Waals surface area contributed by atoms with Crippen LogP contribution in [0.3, 0.4) is 0 Å². The van der Waals surface area contributed by atoms with Gasteiger partial charge in [-0.3, -0.25) is 4.79 Å². The molecule has 5 nitrogen and oxygen atoms in total. The number of carbonyl (C=O) groups excluding carboxylic acids is 1. The molecular weight excluding hydrogens is 288 g/mol. The first-order valence-corrected chi connectivity index (χ1v) is 8.22. The Kier molecular flexibility index (Phi) is 5.19. The van der Waals surface area contributed by atoms with Crippen LogP contribution in [0.15, 0.2) is 42.6 Å². The fourth-order valence-electron chi connectivity index (χ4n) is 2.89. The second-order valence-corrected chi connectivity index (χ2v) is 6.00. The molecule has 0 unspecified atom stereocenters. The van der Waals surface area contributed by atoms with E-state index in [0.717, 1.165) is 12.8 Å². The maximum atomic E-state index is 11.9. The molecule has 3 rings (SSSR count). The van der Waals surface area contributed by atoms with Crippen LogP contribution in [-0.4, -0.2) is 26.9 Å². The van der Waals surface area contributed by atoms with E-state index < -0.39 is 0 Å². The molecule has 1 aliphatic carbocycles. The summed E-state index contributed by atoms with van der Waals surface area (Å²) in [5.74, 6) is -0.0468. The van der Waals surface area contributed by atoms with E-state index in [-0.39, 0.29) is 5.91 Å². The fraction of sp³-hybridized carbons (Fsp3) is 0.389. The second-order valence-electron chi connectivity index (χ2n) is 6.00. The van der Waals surface area contributed by atoms with Gasteiger partial charge < -0.3 is 5.32 Å². The molecule has 0 atom stereocenters. The number of hydrogen-bond donors (Lipinski definition) is 1. The normalized spacial score (nSPS) is 15.8. The topological polar surface area (TPSA) is 59.8 Å². The molecule has 23 heavy (non-hydrogen) atoms. The van der Waals surface area contributed by atoms with E-state index in [9.17, 15) is 4.79 Å². The zero-order chi connectivity index (χ0) is 15.9. The average Bonchev–Trinajstić information content (AvgIpc) is 3.02. The van der Waals surface area contributed by atoms with Crippen LogP contribution in [0.1, 0.15) is 43.4 Å². The highest BCUT2D eigenvalue weighted by molar-refractivity contribution is 5.91. The van der Waals surface area contributed by atoms with E-state index >= 15 is 0 Å². The first-order valence-electron chi connectivity index (χ1n) is 8.22. The van der Waals surface area contributed by atoms with Crippen molar-refractivity contribution in [3.63, 3.8) is 0 Å². The molecule has 0 radical (unpaired) electrons. The summed E-state index contributed by atoms with van der Waals surface area (Å²) in [5, 5.41) is 11.2. The molecule has 1 aromatic carbocycles. The lowest BCUT2D eigenvalue weighted by Crippen LogP contribution is -2.34. The van der Waals surface area contributed by atoms with Crippen molar-refractivity contribution < 1.29 is 4.79 Å². The van der Waals surface area contributed by atoms with Crippen molar-refractivity contribution in [1.29, 1.82) is 0 Å². The minimum Gasteiger partial charge on any atom is -0.350 e. The summed E-state index contributed by atoms with van der Waals surface area (Å²) in [7, 11) is 0. The summed E-state index contributed by atoms with van der Waals surface area (Å²) < 4.78 is 1.77. The van der Waals surface area contributed by atoms with Crippen LogP contribution in [0.2, 0.25) is 0 Å². The number of benzene rings is 1. The fourth-order valence-corrected chi connectivity index (χ4v) is 2.89. The smallest absolute Gasteiger partial charge is 0.244 e. The summed E-state index contributed by atoms with van der Waals surface area (Å²) in [5.41, 5.74) is 1.86. The SMILES string of the molecule is O=C(C=Cc1cn(Cc2ccccc2)nn1)NC1CCCCC1. The molecule has 0 bridgehead atoms. The van der Waals surface area contributed by atoms with Crippen LogP contribution in [0, 0.1) is 0 Å². The van der Waals surface area contributed by atoms with Gasteiger partial charge in [-0.2, -0.15) is 0 Å². The Hall–Kier alpha value is -2.43. The van der Waals surface area contributed by atoms with Gasteiger partial charge in [0.15, 0.2) is 0 Å². The number of amides is 1. The Morgan fingerprint density at radius 3 is 2.78 bits per heavy atom. The molecule has 1 amide bonds. The van der Waals surface area contributed by atoms with Gasteiger partial charge in [-0.1, -0.05) is 54.8 Å². The van der Waals surface area contributed by atoms with Gasteiger partial charge in [0.05, 0.1) is 12.7 Å². The van der Waals surface area contributed by atoms with Crippen LogP contribution < -0.4 is 5.32 Å². The Labute approximate surface area is 136 Å². The highest BCUT2D eigenvalue weighted by Gasteiger charge is 2.14. The van der Waals surface area contributed by atoms with E-state index in [0.29, 0.717) is 18.3 Å².